The molecule has 5 nitrogen and oxygen atoms in total. The van der Waals surface area contributed by atoms with Gasteiger partial charge in [-0.25, -0.2) is 0 Å². The number of carboxylic acids is 1. The van der Waals surface area contributed by atoms with Crippen molar-refractivity contribution in [3.05, 3.63) is 35.4 Å². The zero-order valence-electron chi connectivity index (χ0n) is 12.2. The van der Waals surface area contributed by atoms with Crippen LogP contribution >= 0.6 is 0 Å². The monoisotopic (exact) mass is 278 g/mol. The molecule has 0 fully saturated rings. The van der Waals surface area contributed by atoms with E-state index in [0.29, 0.717) is 13.1 Å². The Hall–Kier alpha value is -1.88. The standard InChI is InChI=1S/C15H22N2O3/c1-15(2,14(20)16-3)10-17-9-12-6-4-11(5-7-12)8-13(18)19/h4-7,17H,8-10H2,1-3H3,(H,16,20)(H,18,19). The van der Waals surface area contributed by atoms with E-state index in [1.807, 2.05) is 38.1 Å². The van der Waals surface area contributed by atoms with Gasteiger partial charge in [-0.2, -0.15) is 0 Å². The highest BCUT2D eigenvalue weighted by Crippen LogP contribution is 2.13. The van der Waals surface area contributed by atoms with Crippen molar-refractivity contribution in [2.75, 3.05) is 13.6 Å². The van der Waals surface area contributed by atoms with Crippen molar-refractivity contribution in [3.63, 3.8) is 0 Å². The number of amides is 1. The molecular weight excluding hydrogens is 256 g/mol. The first-order valence-electron chi connectivity index (χ1n) is 6.57. The van der Waals surface area contributed by atoms with Crippen molar-refractivity contribution in [1.82, 2.24) is 10.6 Å². The van der Waals surface area contributed by atoms with Crippen LogP contribution in [0.2, 0.25) is 0 Å². The SMILES string of the molecule is CNC(=O)C(C)(C)CNCc1ccc(CC(=O)O)cc1. The van der Waals surface area contributed by atoms with Crippen LogP contribution in [0, 0.1) is 5.41 Å². The average molecular weight is 278 g/mol. The molecule has 0 atom stereocenters. The van der Waals surface area contributed by atoms with Gasteiger partial charge in [-0.05, 0) is 25.0 Å². The van der Waals surface area contributed by atoms with Crippen molar-refractivity contribution >= 4 is 11.9 Å². The minimum atomic E-state index is -0.830. The largest absolute Gasteiger partial charge is 0.481 e. The molecule has 0 unspecified atom stereocenters. The molecule has 0 aliphatic carbocycles. The molecule has 1 amide bonds. The lowest BCUT2D eigenvalue weighted by molar-refractivity contribution is -0.136. The molecule has 0 aromatic heterocycles. The first-order valence-corrected chi connectivity index (χ1v) is 6.57. The molecule has 0 heterocycles. The highest BCUT2D eigenvalue weighted by atomic mass is 16.4. The van der Waals surface area contributed by atoms with Crippen LogP contribution < -0.4 is 10.6 Å². The fourth-order valence-electron chi connectivity index (χ4n) is 1.89. The summed E-state index contributed by atoms with van der Waals surface area (Å²) in [4.78, 5) is 22.2. The topological polar surface area (TPSA) is 78.4 Å². The van der Waals surface area contributed by atoms with Crippen molar-refractivity contribution in [1.29, 1.82) is 0 Å². The summed E-state index contributed by atoms with van der Waals surface area (Å²) in [6, 6.07) is 7.43. The molecule has 0 saturated heterocycles. The Labute approximate surface area is 119 Å². The van der Waals surface area contributed by atoms with Gasteiger partial charge < -0.3 is 15.7 Å². The number of aliphatic carboxylic acids is 1. The third-order valence-electron chi connectivity index (χ3n) is 3.12. The molecule has 0 saturated carbocycles. The minimum Gasteiger partial charge on any atom is -0.481 e. The van der Waals surface area contributed by atoms with E-state index in [9.17, 15) is 9.59 Å². The van der Waals surface area contributed by atoms with Crippen LogP contribution in [0.5, 0.6) is 0 Å². The summed E-state index contributed by atoms with van der Waals surface area (Å²) < 4.78 is 0. The summed E-state index contributed by atoms with van der Waals surface area (Å²) in [5.41, 5.74) is 1.39. The number of benzene rings is 1. The summed E-state index contributed by atoms with van der Waals surface area (Å²) in [6.45, 7) is 4.99. The Morgan fingerprint density at radius 1 is 1.15 bits per heavy atom. The van der Waals surface area contributed by atoms with Crippen LogP contribution in [0.25, 0.3) is 0 Å². The minimum absolute atomic E-state index is 0.00167. The maximum absolute atomic E-state index is 11.6. The molecule has 1 rings (SSSR count). The maximum Gasteiger partial charge on any atom is 0.307 e. The Morgan fingerprint density at radius 3 is 2.20 bits per heavy atom. The number of hydrogen-bond acceptors (Lipinski definition) is 3. The van der Waals surface area contributed by atoms with Gasteiger partial charge >= 0.3 is 5.97 Å². The molecule has 1 aromatic carbocycles. The molecule has 0 aliphatic heterocycles. The predicted octanol–water partition coefficient (Wildman–Crippen LogP) is 1.18. The first kappa shape index (κ1) is 16.2. The molecule has 3 N–H and O–H groups in total. The number of carboxylic acid groups (broad SMARTS) is 1. The van der Waals surface area contributed by atoms with Gasteiger partial charge in [0, 0.05) is 20.1 Å². The van der Waals surface area contributed by atoms with Gasteiger partial charge in [-0.3, -0.25) is 9.59 Å². The lowest BCUT2D eigenvalue weighted by atomic mass is 9.92. The zero-order valence-corrected chi connectivity index (χ0v) is 12.2. The molecule has 0 spiro atoms. The summed E-state index contributed by atoms with van der Waals surface area (Å²) in [6.07, 6.45) is 0.0391. The van der Waals surface area contributed by atoms with Crippen molar-refractivity contribution < 1.29 is 14.7 Å². The summed E-state index contributed by atoms with van der Waals surface area (Å²) in [5, 5.41) is 14.6. The zero-order chi connectivity index (χ0) is 15.2. The van der Waals surface area contributed by atoms with Crippen molar-refractivity contribution in [2.24, 2.45) is 5.41 Å². The number of nitrogens with one attached hydrogen (secondary N) is 2. The lowest BCUT2D eigenvalue weighted by Gasteiger charge is -2.23. The quantitative estimate of drug-likeness (QED) is 0.700. The highest BCUT2D eigenvalue weighted by Gasteiger charge is 2.25. The summed E-state index contributed by atoms with van der Waals surface area (Å²) in [5.74, 6) is -0.829. The van der Waals surface area contributed by atoms with Gasteiger partial charge in [0.05, 0.1) is 11.8 Å². The third-order valence-corrected chi connectivity index (χ3v) is 3.12. The second-order valence-electron chi connectivity index (χ2n) is 5.45. The number of hydrogen-bond donors (Lipinski definition) is 3. The van der Waals surface area contributed by atoms with Gasteiger partial charge in [-0.1, -0.05) is 24.3 Å². The van der Waals surface area contributed by atoms with Crippen LogP contribution in [0.4, 0.5) is 0 Å². The number of carbonyl (C=O) groups is 2. The van der Waals surface area contributed by atoms with Gasteiger partial charge in [0.2, 0.25) is 5.91 Å². The Morgan fingerprint density at radius 2 is 1.70 bits per heavy atom. The molecule has 20 heavy (non-hydrogen) atoms. The number of carbonyl (C=O) groups excluding carboxylic acids is 1. The van der Waals surface area contributed by atoms with E-state index in [2.05, 4.69) is 10.6 Å². The van der Waals surface area contributed by atoms with E-state index in [4.69, 9.17) is 5.11 Å². The van der Waals surface area contributed by atoms with E-state index >= 15 is 0 Å². The van der Waals surface area contributed by atoms with Gasteiger partial charge in [0.15, 0.2) is 0 Å². The normalized spacial score (nSPS) is 11.2. The molecular formula is C15H22N2O3. The van der Waals surface area contributed by atoms with Crippen LogP contribution in [-0.2, 0) is 22.6 Å². The fourth-order valence-corrected chi connectivity index (χ4v) is 1.89. The van der Waals surface area contributed by atoms with E-state index in [1.54, 1.807) is 7.05 Å². The van der Waals surface area contributed by atoms with Crippen LogP contribution in [0.15, 0.2) is 24.3 Å². The first-order chi connectivity index (χ1) is 9.35. The van der Waals surface area contributed by atoms with E-state index in [1.165, 1.54) is 0 Å². The Bertz CT molecular complexity index is 467. The second kappa shape index (κ2) is 7.05. The fraction of sp³-hybridized carbons (Fsp3) is 0.467. The second-order valence-corrected chi connectivity index (χ2v) is 5.45. The van der Waals surface area contributed by atoms with E-state index in [-0.39, 0.29) is 12.3 Å². The van der Waals surface area contributed by atoms with Gasteiger partial charge in [-0.15, -0.1) is 0 Å². The van der Waals surface area contributed by atoms with Gasteiger partial charge in [0.25, 0.3) is 0 Å². The molecule has 0 bridgehead atoms. The smallest absolute Gasteiger partial charge is 0.307 e. The molecule has 1 aromatic rings. The predicted molar refractivity (Wildman–Crippen MR) is 77.3 cm³/mol. The van der Waals surface area contributed by atoms with Crippen molar-refractivity contribution in [3.8, 4) is 0 Å². The maximum atomic E-state index is 11.6. The Balaban J connectivity index is 2.46. The Kier molecular flexibility index (Phi) is 5.70. The lowest BCUT2D eigenvalue weighted by Crippen LogP contribution is -2.41. The summed E-state index contributed by atoms with van der Waals surface area (Å²) >= 11 is 0. The third kappa shape index (κ3) is 5.01. The van der Waals surface area contributed by atoms with Crippen LogP contribution in [0.3, 0.4) is 0 Å². The average Bonchev–Trinajstić information content (AvgIpc) is 2.39. The molecule has 0 radical (unpaired) electrons. The molecule has 0 aliphatic rings. The van der Waals surface area contributed by atoms with E-state index < -0.39 is 11.4 Å². The summed E-state index contributed by atoms with van der Waals surface area (Å²) in [7, 11) is 1.63. The molecule has 5 heteroatoms. The number of rotatable bonds is 7. The highest BCUT2D eigenvalue weighted by molar-refractivity contribution is 5.81. The van der Waals surface area contributed by atoms with E-state index in [0.717, 1.165) is 11.1 Å². The van der Waals surface area contributed by atoms with Gasteiger partial charge in [0.1, 0.15) is 0 Å². The van der Waals surface area contributed by atoms with Crippen LogP contribution in [0.1, 0.15) is 25.0 Å². The van der Waals surface area contributed by atoms with Crippen LogP contribution in [-0.4, -0.2) is 30.6 Å². The molecule has 110 valence electrons. The van der Waals surface area contributed by atoms with Crippen molar-refractivity contribution in [2.45, 2.75) is 26.8 Å².